The van der Waals surface area contributed by atoms with Gasteiger partial charge in [0, 0.05) is 12.7 Å². The van der Waals surface area contributed by atoms with Crippen molar-refractivity contribution in [3.63, 3.8) is 0 Å². The topological polar surface area (TPSA) is 53.4 Å². The summed E-state index contributed by atoms with van der Waals surface area (Å²) in [5, 5.41) is 9.31. The number of carbonyl (C=O) groups is 1. The number of rotatable bonds is 2. The average Bonchev–Trinajstić information content (AvgIpc) is 2.38. The molecular formula is C13H18N2O2. The van der Waals surface area contributed by atoms with E-state index in [9.17, 15) is 9.90 Å². The minimum atomic E-state index is -0.0538. The van der Waals surface area contributed by atoms with Gasteiger partial charge in [-0.05, 0) is 37.8 Å². The molecule has 2 rings (SSSR count). The Morgan fingerprint density at radius 1 is 1.59 bits per heavy atom. The van der Waals surface area contributed by atoms with E-state index in [1.54, 1.807) is 11.1 Å². The molecule has 0 bridgehead atoms. The summed E-state index contributed by atoms with van der Waals surface area (Å²) in [5.74, 6) is -0.0538. The van der Waals surface area contributed by atoms with Gasteiger partial charge >= 0.3 is 0 Å². The van der Waals surface area contributed by atoms with Crippen LogP contribution in [0.4, 0.5) is 0 Å². The fraction of sp³-hybridized carbons (Fsp3) is 0.538. The Morgan fingerprint density at radius 3 is 3.12 bits per heavy atom. The number of amides is 1. The molecule has 0 spiro atoms. The fourth-order valence-electron chi connectivity index (χ4n) is 2.30. The standard InChI is InChI=1S/C13H18N2O2/c1-10-5-4-7-14-12(10)13(17)15-8-3-2-6-11(15)9-16/h4-5,7,11,16H,2-3,6,8-9H2,1H3. The Bertz CT molecular complexity index is 406. The summed E-state index contributed by atoms with van der Waals surface area (Å²) < 4.78 is 0. The van der Waals surface area contributed by atoms with Crippen molar-refractivity contribution < 1.29 is 9.90 Å². The molecule has 92 valence electrons. The van der Waals surface area contributed by atoms with Crippen molar-refractivity contribution in [2.24, 2.45) is 0 Å². The minimum Gasteiger partial charge on any atom is -0.394 e. The fourth-order valence-corrected chi connectivity index (χ4v) is 2.30. The zero-order chi connectivity index (χ0) is 12.3. The molecule has 2 heterocycles. The first-order chi connectivity index (χ1) is 8.24. The molecule has 1 fully saturated rings. The monoisotopic (exact) mass is 234 g/mol. The van der Waals surface area contributed by atoms with Gasteiger partial charge in [-0.15, -0.1) is 0 Å². The van der Waals surface area contributed by atoms with E-state index < -0.39 is 0 Å². The van der Waals surface area contributed by atoms with Crippen LogP contribution in [-0.4, -0.2) is 40.1 Å². The van der Waals surface area contributed by atoms with Gasteiger partial charge in [-0.1, -0.05) is 6.07 Å². The van der Waals surface area contributed by atoms with Crippen LogP contribution in [0.2, 0.25) is 0 Å². The second-order valence-electron chi connectivity index (χ2n) is 4.50. The molecule has 1 saturated heterocycles. The van der Waals surface area contributed by atoms with Crippen LogP contribution >= 0.6 is 0 Å². The van der Waals surface area contributed by atoms with Crippen molar-refractivity contribution in [2.75, 3.05) is 13.2 Å². The predicted octanol–water partition coefficient (Wildman–Crippen LogP) is 1.38. The second kappa shape index (κ2) is 5.27. The van der Waals surface area contributed by atoms with E-state index in [1.165, 1.54) is 0 Å². The van der Waals surface area contributed by atoms with E-state index >= 15 is 0 Å². The number of aliphatic hydroxyl groups is 1. The molecule has 1 unspecified atom stereocenters. The van der Waals surface area contributed by atoms with Crippen LogP contribution in [0.15, 0.2) is 18.3 Å². The van der Waals surface area contributed by atoms with Crippen LogP contribution in [-0.2, 0) is 0 Å². The Kier molecular flexibility index (Phi) is 3.74. The Balaban J connectivity index is 2.21. The third-order valence-corrected chi connectivity index (χ3v) is 3.31. The maximum Gasteiger partial charge on any atom is 0.273 e. The van der Waals surface area contributed by atoms with Crippen molar-refractivity contribution in [1.82, 2.24) is 9.88 Å². The number of hydrogen-bond acceptors (Lipinski definition) is 3. The summed E-state index contributed by atoms with van der Waals surface area (Å²) in [6.07, 6.45) is 4.61. The van der Waals surface area contributed by atoms with Gasteiger partial charge in [0.15, 0.2) is 0 Å². The summed E-state index contributed by atoms with van der Waals surface area (Å²) in [7, 11) is 0. The molecule has 0 saturated carbocycles. The van der Waals surface area contributed by atoms with Crippen LogP contribution in [0.25, 0.3) is 0 Å². The summed E-state index contributed by atoms with van der Waals surface area (Å²) in [5.41, 5.74) is 1.40. The van der Waals surface area contributed by atoms with Crippen LogP contribution in [0.5, 0.6) is 0 Å². The second-order valence-corrected chi connectivity index (χ2v) is 4.50. The molecule has 1 amide bonds. The Labute approximate surface area is 101 Å². The minimum absolute atomic E-state index is 0.0393. The molecule has 0 radical (unpaired) electrons. The highest BCUT2D eigenvalue weighted by atomic mass is 16.3. The van der Waals surface area contributed by atoms with Gasteiger partial charge in [0.2, 0.25) is 0 Å². The quantitative estimate of drug-likeness (QED) is 0.841. The number of likely N-dealkylation sites (tertiary alicyclic amines) is 1. The first kappa shape index (κ1) is 12.0. The van der Waals surface area contributed by atoms with Crippen LogP contribution in [0.3, 0.4) is 0 Å². The van der Waals surface area contributed by atoms with Gasteiger partial charge in [0.05, 0.1) is 12.6 Å². The number of pyridine rings is 1. The lowest BCUT2D eigenvalue weighted by atomic mass is 10.0. The zero-order valence-electron chi connectivity index (χ0n) is 10.1. The van der Waals surface area contributed by atoms with E-state index in [4.69, 9.17) is 0 Å². The zero-order valence-corrected chi connectivity index (χ0v) is 10.1. The molecule has 1 atom stereocenters. The number of aliphatic hydroxyl groups excluding tert-OH is 1. The maximum absolute atomic E-state index is 12.3. The van der Waals surface area contributed by atoms with Crippen molar-refractivity contribution in [3.05, 3.63) is 29.6 Å². The number of aromatic nitrogens is 1. The lowest BCUT2D eigenvalue weighted by Gasteiger charge is -2.34. The maximum atomic E-state index is 12.3. The number of aryl methyl sites for hydroxylation is 1. The number of hydrogen-bond donors (Lipinski definition) is 1. The lowest BCUT2D eigenvalue weighted by molar-refractivity contribution is 0.0496. The van der Waals surface area contributed by atoms with E-state index in [-0.39, 0.29) is 18.6 Å². The van der Waals surface area contributed by atoms with Crippen LogP contribution < -0.4 is 0 Å². The Hall–Kier alpha value is -1.42. The predicted molar refractivity (Wildman–Crippen MR) is 64.7 cm³/mol. The van der Waals surface area contributed by atoms with E-state index in [2.05, 4.69) is 4.98 Å². The summed E-state index contributed by atoms with van der Waals surface area (Å²) >= 11 is 0. The lowest BCUT2D eigenvalue weighted by Crippen LogP contribution is -2.46. The molecule has 1 aromatic rings. The van der Waals surface area contributed by atoms with Gasteiger partial charge in [-0.25, -0.2) is 0 Å². The Morgan fingerprint density at radius 2 is 2.41 bits per heavy atom. The van der Waals surface area contributed by atoms with E-state index in [1.807, 2.05) is 19.1 Å². The molecule has 0 aliphatic carbocycles. The van der Waals surface area contributed by atoms with Gasteiger partial charge in [-0.3, -0.25) is 9.78 Å². The molecular weight excluding hydrogens is 216 g/mol. The number of piperidine rings is 1. The SMILES string of the molecule is Cc1cccnc1C(=O)N1CCCCC1CO. The molecule has 1 aliphatic heterocycles. The number of carbonyl (C=O) groups excluding carboxylic acids is 1. The normalized spacial score (nSPS) is 20.4. The molecule has 1 aliphatic rings. The highest BCUT2D eigenvalue weighted by molar-refractivity contribution is 5.93. The van der Waals surface area contributed by atoms with Gasteiger partial charge in [0.25, 0.3) is 5.91 Å². The molecule has 0 aromatic carbocycles. The number of nitrogens with zero attached hydrogens (tertiary/aromatic N) is 2. The first-order valence-electron chi connectivity index (χ1n) is 6.07. The van der Waals surface area contributed by atoms with Crippen molar-refractivity contribution >= 4 is 5.91 Å². The summed E-state index contributed by atoms with van der Waals surface area (Å²) in [4.78, 5) is 18.3. The van der Waals surface area contributed by atoms with Gasteiger partial charge < -0.3 is 10.0 Å². The molecule has 4 heteroatoms. The third-order valence-electron chi connectivity index (χ3n) is 3.31. The molecule has 1 aromatic heterocycles. The smallest absolute Gasteiger partial charge is 0.273 e. The molecule has 1 N–H and O–H groups in total. The first-order valence-corrected chi connectivity index (χ1v) is 6.07. The van der Waals surface area contributed by atoms with Crippen LogP contribution in [0, 0.1) is 6.92 Å². The largest absolute Gasteiger partial charge is 0.394 e. The third kappa shape index (κ3) is 2.47. The van der Waals surface area contributed by atoms with Gasteiger partial charge in [0.1, 0.15) is 5.69 Å². The van der Waals surface area contributed by atoms with E-state index in [0.717, 1.165) is 31.4 Å². The van der Waals surface area contributed by atoms with Gasteiger partial charge in [-0.2, -0.15) is 0 Å². The van der Waals surface area contributed by atoms with Crippen molar-refractivity contribution in [1.29, 1.82) is 0 Å². The van der Waals surface area contributed by atoms with Crippen molar-refractivity contribution in [3.8, 4) is 0 Å². The average molecular weight is 234 g/mol. The molecule has 17 heavy (non-hydrogen) atoms. The van der Waals surface area contributed by atoms with Crippen LogP contribution in [0.1, 0.15) is 35.3 Å². The highest BCUT2D eigenvalue weighted by Crippen LogP contribution is 2.19. The summed E-state index contributed by atoms with van der Waals surface area (Å²) in [6, 6.07) is 3.67. The highest BCUT2D eigenvalue weighted by Gasteiger charge is 2.28. The summed E-state index contributed by atoms with van der Waals surface area (Å²) in [6.45, 7) is 2.65. The van der Waals surface area contributed by atoms with E-state index in [0.29, 0.717) is 5.69 Å². The molecule has 4 nitrogen and oxygen atoms in total. The van der Waals surface area contributed by atoms with Crippen molar-refractivity contribution in [2.45, 2.75) is 32.2 Å².